The summed E-state index contributed by atoms with van der Waals surface area (Å²) in [5, 5.41) is 1.27. The zero-order chi connectivity index (χ0) is 27.7. The Balaban J connectivity index is 0.000000925. The Morgan fingerprint density at radius 2 is 1.62 bits per heavy atom. The van der Waals surface area contributed by atoms with Crippen molar-refractivity contribution in [3.05, 3.63) is 90.4 Å². The van der Waals surface area contributed by atoms with Gasteiger partial charge in [0.15, 0.2) is 0 Å². The van der Waals surface area contributed by atoms with Crippen molar-refractivity contribution in [1.82, 2.24) is 9.47 Å². The van der Waals surface area contributed by atoms with Crippen LogP contribution < -0.4 is 4.90 Å². The van der Waals surface area contributed by atoms with Crippen LogP contribution in [0.1, 0.15) is 37.3 Å². The van der Waals surface area contributed by atoms with Gasteiger partial charge in [-0.3, -0.25) is 9.80 Å². The van der Waals surface area contributed by atoms with Gasteiger partial charge in [0.2, 0.25) is 0 Å². The second-order valence-electron chi connectivity index (χ2n) is 10.8. The number of para-hydroxylation sites is 1. The van der Waals surface area contributed by atoms with E-state index in [-0.39, 0.29) is 18.1 Å². The number of anilines is 1. The molecule has 3 heterocycles. The Bertz CT molecular complexity index is 1550. The molecule has 40 heavy (non-hydrogen) atoms. The van der Waals surface area contributed by atoms with Gasteiger partial charge in [-0.15, -0.1) is 0 Å². The first-order chi connectivity index (χ1) is 19.5. The minimum absolute atomic E-state index is 0.215. The van der Waals surface area contributed by atoms with Crippen molar-refractivity contribution >= 4 is 28.8 Å². The maximum Gasteiger partial charge on any atom is 0.415 e. The van der Waals surface area contributed by atoms with E-state index >= 15 is 0 Å². The Labute approximate surface area is 231 Å². The van der Waals surface area contributed by atoms with Crippen LogP contribution in [-0.4, -0.2) is 46.9 Å². The van der Waals surface area contributed by atoms with E-state index < -0.39 is 5.60 Å². The Kier molecular flexibility index (Phi) is 6.96. The second-order valence-corrected chi connectivity index (χ2v) is 10.8. The predicted molar refractivity (Wildman–Crippen MR) is 148 cm³/mol. The molecular weight excluding hydrogens is 509 g/mol. The number of hydrogen-bond donors (Lipinski definition) is 0. The van der Waals surface area contributed by atoms with Gasteiger partial charge in [0, 0.05) is 61.3 Å². The summed E-state index contributed by atoms with van der Waals surface area (Å²) >= 11 is 0. The van der Waals surface area contributed by atoms with Crippen molar-refractivity contribution < 1.29 is 23.5 Å². The SMILES string of the molecule is O=C1OC2(CCN(Cc3cn(C4CC4)c4cccc(-c5ccc(F)cc5)c34)CC2)CN1c1ccccc1.O=C=O. The number of carbonyl (C=O) groups excluding carboxylic acids is 3. The number of hydrogen-bond acceptors (Lipinski definition) is 5. The fourth-order valence-electron chi connectivity index (χ4n) is 6.09. The number of aromatic nitrogens is 1. The Hall–Kier alpha value is -4.26. The lowest BCUT2D eigenvalue weighted by Crippen LogP contribution is -2.46. The predicted octanol–water partition coefficient (Wildman–Crippen LogP) is 6.19. The molecule has 0 atom stereocenters. The van der Waals surface area contributed by atoms with E-state index in [0.717, 1.165) is 49.3 Å². The van der Waals surface area contributed by atoms with Crippen LogP contribution >= 0.6 is 0 Å². The van der Waals surface area contributed by atoms with Crippen LogP contribution in [0.5, 0.6) is 0 Å². The molecule has 1 saturated carbocycles. The van der Waals surface area contributed by atoms with Gasteiger partial charge in [0.1, 0.15) is 11.4 Å². The molecule has 7 rings (SSSR count). The van der Waals surface area contributed by atoms with Crippen molar-refractivity contribution in [2.45, 2.75) is 43.9 Å². The lowest BCUT2D eigenvalue weighted by atomic mass is 9.90. The second kappa shape index (κ2) is 10.7. The largest absolute Gasteiger partial charge is 0.441 e. The van der Waals surface area contributed by atoms with Crippen molar-refractivity contribution in [2.24, 2.45) is 0 Å². The third-order valence-corrected chi connectivity index (χ3v) is 8.23. The van der Waals surface area contributed by atoms with Crippen LogP contribution in [0.3, 0.4) is 0 Å². The highest BCUT2D eigenvalue weighted by Crippen LogP contribution is 2.42. The fourth-order valence-corrected chi connectivity index (χ4v) is 6.09. The topological polar surface area (TPSA) is 71.8 Å². The molecule has 1 aliphatic carbocycles. The molecule has 3 aliphatic rings. The number of carbonyl (C=O) groups is 1. The number of nitrogens with zero attached hydrogens (tertiary/aromatic N) is 3. The summed E-state index contributed by atoms with van der Waals surface area (Å²) in [4.78, 5) is 33.2. The van der Waals surface area contributed by atoms with Gasteiger partial charge in [0.05, 0.1) is 6.54 Å². The third-order valence-electron chi connectivity index (χ3n) is 8.23. The maximum absolute atomic E-state index is 13.6. The number of fused-ring (bicyclic) bond motifs is 1. The molecule has 7 nitrogen and oxygen atoms in total. The molecule has 8 heteroatoms. The first kappa shape index (κ1) is 26.0. The standard InChI is InChI=1S/C31H30FN3O2.CO2/c32-24-11-9-22(10-12-24)27-7-4-8-28-29(27)23(20-34(28)26-13-14-26)19-33-17-15-31(16-18-33)21-35(30(36)37-31)25-5-2-1-3-6-25;2-1-3/h1-12,20,26H,13-19,21H2;. The fraction of sp³-hybridized carbons (Fsp3) is 0.312. The Morgan fingerprint density at radius 1 is 0.925 bits per heavy atom. The number of likely N-dealkylation sites (tertiary alicyclic amines) is 1. The van der Waals surface area contributed by atoms with E-state index in [0.29, 0.717) is 12.6 Å². The average Bonchev–Trinajstić information content (AvgIpc) is 3.68. The summed E-state index contributed by atoms with van der Waals surface area (Å²) in [5.41, 5.74) is 5.25. The van der Waals surface area contributed by atoms with Crippen LogP contribution in [0.15, 0.2) is 79.0 Å². The molecule has 0 bridgehead atoms. The van der Waals surface area contributed by atoms with Crippen LogP contribution in [0.2, 0.25) is 0 Å². The zero-order valence-electron chi connectivity index (χ0n) is 22.1. The summed E-state index contributed by atoms with van der Waals surface area (Å²) in [7, 11) is 0. The molecule has 1 aromatic heterocycles. The van der Waals surface area contributed by atoms with Gasteiger partial charge in [-0.05, 0) is 59.9 Å². The summed E-state index contributed by atoms with van der Waals surface area (Å²) < 4.78 is 22.1. The van der Waals surface area contributed by atoms with E-state index in [1.165, 1.54) is 41.4 Å². The highest BCUT2D eigenvalue weighted by Gasteiger charge is 2.47. The molecule has 2 saturated heterocycles. The number of halogens is 1. The minimum Gasteiger partial charge on any atom is -0.441 e. The number of rotatable bonds is 5. The third kappa shape index (κ3) is 5.04. The lowest BCUT2D eigenvalue weighted by molar-refractivity contribution is -0.191. The number of amides is 1. The van der Waals surface area contributed by atoms with Gasteiger partial charge in [-0.2, -0.15) is 9.59 Å². The van der Waals surface area contributed by atoms with Crippen molar-refractivity contribution in [2.75, 3.05) is 24.5 Å². The number of piperidine rings is 1. The molecule has 0 N–H and O–H groups in total. The first-order valence-corrected chi connectivity index (χ1v) is 13.7. The minimum atomic E-state index is -0.412. The Morgan fingerprint density at radius 3 is 2.30 bits per heavy atom. The molecule has 1 amide bonds. The molecule has 3 aromatic carbocycles. The van der Waals surface area contributed by atoms with E-state index in [4.69, 9.17) is 14.3 Å². The zero-order valence-corrected chi connectivity index (χ0v) is 22.1. The quantitative estimate of drug-likeness (QED) is 0.302. The van der Waals surface area contributed by atoms with Gasteiger partial charge in [0.25, 0.3) is 0 Å². The van der Waals surface area contributed by atoms with E-state index in [9.17, 15) is 9.18 Å². The normalized spacial score (nSPS) is 18.3. The molecule has 1 spiro atoms. The summed E-state index contributed by atoms with van der Waals surface area (Å²) in [6.45, 7) is 3.22. The number of ether oxygens (including phenoxy) is 1. The molecule has 0 unspecified atom stereocenters. The summed E-state index contributed by atoms with van der Waals surface area (Å²) in [5.74, 6) is -0.215. The van der Waals surface area contributed by atoms with E-state index in [1.54, 1.807) is 4.90 Å². The van der Waals surface area contributed by atoms with Gasteiger partial charge in [-0.1, -0.05) is 42.5 Å². The first-order valence-electron chi connectivity index (χ1n) is 13.7. The average molecular weight is 540 g/mol. The molecule has 2 aliphatic heterocycles. The monoisotopic (exact) mass is 539 g/mol. The number of benzene rings is 3. The molecule has 3 fully saturated rings. The van der Waals surface area contributed by atoms with Gasteiger partial charge in [-0.25, -0.2) is 9.18 Å². The lowest BCUT2D eigenvalue weighted by Gasteiger charge is -2.37. The molecular formula is C32H30FN3O4. The van der Waals surface area contributed by atoms with Crippen LogP contribution in [0, 0.1) is 5.82 Å². The maximum atomic E-state index is 13.6. The summed E-state index contributed by atoms with van der Waals surface area (Å²) in [6, 6.07) is 23.7. The van der Waals surface area contributed by atoms with Crippen molar-refractivity contribution in [3.63, 3.8) is 0 Å². The van der Waals surface area contributed by atoms with Gasteiger partial charge >= 0.3 is 12.2 Å². The van der Waals surface area contributed by atoms with E-state index in [2.05, 4.69) is 33.9 Å². The molecule has 0 radical (unpaired) electrons. The van der Waals surface area contributed by atoms with Crippen molar-refractivity contribution in [3.8, 4) is 11.1 Å². The highest BCUT2D eigenvalue weighted by atomic mass is 19.1. The van der Waals surface area contributed by atoms with Crippen molar-refractivity contribution in [1.29, 1.82) is 0 Å². The molecule has 4 aromatic rings. The van der Waals surface area contributed by atoms with Gasteiger partial charge < -0.3 is 9.30 Å². The smallest absolute Gasteiger partial charge is 0.415 e. The summed E-state index contributed by atoms with van der Waals surface area (Å²) in [6.07, 6.45) is 6.45. The van der Waals surface area contributed by atoms with Crippen LogP contribution in [0.25, 0.3) is 22.0 Å². The highest BCUT2D eigenvalue weighted by molar-refractivity contribution is 5.98. The molecule has 204 valence electrons. The van der Waals surface area contributed by atoms with Crippen LogP contribution in [0.4, 0.5) is 14.9 Å². The van der Waals surface area contributed by atoms with E-state index in [1.807, 2.05) is 42.5 Å². The van der Waals surface area contributed by atoms with Crippen LogP contribution in [-0.2, 0) is 20.9 Å².